The number of carbonyl (C=O) groups is 3. The molecule has 3 aliphatic rings. The second-order valence-electron chi connectivity index (χ2n) is 9.17. The molecule has 33 heavy (non-hydrogen) atoms. The number of aromatic amines is 1. The molecule has 172 valence electrons. The SMILES string of the molecule is CC(=O)C(=O)N1C[C@@H]2C[C@H]1CN2C(=O)c1cc(Cc2n[nH]c(=O)c3c2CCCC3)ccc1F. The first-order valence-corrected chi connectivity index (χ1v) is 11.3. The van der Waals surface area contributed by atoms with Crippen molar-refractivity contribution < 1.29 is 18.8 Å². The summed E-state index contributed by atoms with van der Waals surface area (Å²) >= 11 is 0. The molecule has 2 bridgehead atoms. The van der Waals surface area contributed by atoms with Crippen LogP contribution in [0, 0.1) is 5.82 Å². The topological polar surface area (TPSA) is 103 Å². The molecular weight excluding hydrogens is 427 g/mol. The van der Waals surface area contributed by atoms with E-state index in [1.165, 1.54) is 17.9 Å². The number of nitrogens with zero attached hydrogens (tertiary/aromatic N) is 3. The fourth-order valence-corrected chi connectivity index (χ4v) is 5.43. The van der Waals surface area contributed by atoms with Gasteiger partial charge in [0.25, 0.3) is 17.4 Å². The molecule has 3 heterocycles. The van der Waals surface area contributed by atoms with Crippen molar-refractivity contribution in [3.8, 4) is 0 Å². The van der Waals surface area contributed by atoms with Gasteiger partial charge in [0.1, 0.15) is 5.82 Å². The zero-order chi connectivity index (χ0) is 23.3. The molecule has 0 radical (unpaired) electrons. The molecule has 0 unspecified atom stereocenters. The van der Waals surface area contributed by atoms with Crippen LogP contribution in [-0.2, 0) is 28.9 Å². The second kappa shape index (κ2) is 8.20. The lowest BCUT2D eigenvalue weighted by atomic mass is 9.90. The van der Waals surface area contributed by atoms with Crippen LogP contribution in [-0.4, -0.2) is 62.8 Å². The molecule has 2 atom stereocenters. The predicted molar refractivity (Wildman–Crippen MR) is 116 cm³/mol. The van der Waals surface area contributed by atoms with Crippen LogP contribution in [0.2, 0.25) is 0 Å². The summed E-state index contributed by atoms with van der Waals surface area (Å²) in [6.07, 6.45) is 4.49. The van der Waals surface area contributed by atoms with E-state index in [2.05, 4.69) is 10.2 Å². The maximum atomic E-state index is 14.7. The largest absolute Gasteiger partial charge is 0.332 e. The molecule has 1 N–H and O–H groups in total. The van der Waals surface area contributed by atoms with Crippen LogP contribution >= 0.6 is 0 Å². The Morgan fingerprint density at radius 1 is 1.09 bits per heavy atom. The van der Waals surface area contributed by atoms with Gasteiger partial charge in [-0.1, -0.05) is 6.07 Å². The van der Waals surface area contributed by atoms with Gasteiger partial charge in [-0.25, -0.2) is 9.49 Å². The molecule has 2 saturated heterocycles. The highest BCUT2D eigenvalue weighted by atomic mass is 19.1. The third-order valence-electron chi connectivity index (χ3n) is 7.08. The van der Waals surface area contributed by atoms with E-state index in [1.54, 1.807) is 17.0 Å². The quantitative estimate of drug-likeness (QED) is 0.707. The van der Waals surface area contributed by atoms with Crippen molar-refractivity contribution in [1.29, 1.82) is 0 Å². The molecular formula is C24H25FN4O4. The number of halogens is 1. The summed E-state index contributed by atoms with van der Waals surface area (Å²) in [5.41, 5.74) is 3.09. The van der Waals surface area contributed by atoms with E-state index in [0.29, 0.717) is 25.9 Å². The van der Waals surface area contributed by atoms with Crippen molar-refractivity contribution in [2.24, 2.45) is 0 Å². The van der Waals surface area contributed by atoms with Crippen molar-refractivity contribution in [3.05, 3.63) is 62.3 Å². The Hall–Kier alpha value is -3.36. The molecule has 1 aliphatic carbocycles. The predicted octanol–water partition coefficient (Wildman–Crippen LogP) is 1.39. The van der Waals surface area contributed by atoms with Crippen LogP contribution in [0.4, 0.5) is 4.39 Å². The van der Waals surface area contributed by atoms with Crippen LogP contribution in [0.5, 0.6) is 0 Å². The highest BCUT2D eigenvalue weighted by Crippen LogP contribution is 2.32. The summed E-state index contributed by atoms with van der Waals surface area (Å²) in [5, 5.41) is 6.81. The minimum absolute atomic E-state index is 0.0113. The lowest BCUT2D eigenvalue weighted by Gasteiger charge is -2.33. The first-order chi connectivity index (χ1) is 15.8. The van der Waals surface area contributed by atoms with Crippen LogP contribution < -0.4 is 5.56 Å². The number of hydrogen-bond acceptors (Lipinski definition) is 5. The van der Waals surface area contributed by atoms with Gasteiger partial charge in [-0.15, -0.1) is 0 Å². The summed E-state index contributed by atoms with van der Waals surface area (Å²) in [6, 6.07) is 4.06. The van der Waals surface area contributed by atoms with Crippen molar-refractivity contribution in [1.82, 2.24) is 20.0 Å². The Labute approximate surface area is 189 Å². The lowest BCUT2D eigenvalue weighted by molar-refractivity contribution is -0.145. The van der Waals surface area contributed by atoms with E-state index < -0.39 is 23.4 Å². The maximum Gasteiger partial charge on any atom is 0.290 e. The van der Waals surface area contributed by atoms with E-state index in [9.17, 15) is 23.6 Å². The molecule has 2 aliphatic heterocycles. The van der Waals surface area contributed by atoms with Gasteiger partial charge in [0.2, 0.25) is 5.78 Å². The van der Waals surface area contributed by atoms with Crippen molar-refractivity contribution in [2.75, 3.05) is 13.1 Å². The number of benzene rings is 1. The first-order valence-electron chi connectivity index (χ1n) is 11.3. The fraction of sp³-hybridized carbons (Fsp3) is 0.458. The van der Waals surface area contributed by atoms with E-state index in [1.807, 2.05) is 0 Å². The van der Waals surface area contributed by atoms with Crippen molar-refractivity contribution >= 4 is 17.6 Å². The number of H-pyrrole nitrogens is 1. The number of amides is 2. The molecule has 1 aromatic carbocycles. The van der Waals surface area contributed by atoms with E-state index in [4.69, 9.17) is 0 Å². The van der Waals surface area contributed by atoms with Gasteiger partial charge in [-0.05, 0) is 55.4 Å². The minimum Gasteiger partial charge on any atom is -0.332 e. The monoisotopic (exact) mass is 452 g/mol. The van der Waals surface area contributed by atoms with E-state index in [0.717, 1.165) is 48.1 Å². The van der Waals surface area contributed by atoms with Crippen LogP contribution in [0.25, 0.3) is 0 Å². The highest BCUT2D eigenvalue weighted by Gasteiger charge is 2.48. The maximum absolute atomic E-state index is 14.7. The molecule has 2 aromatic rings. The number of hydrogen-bond donors (Lipinski definition) is 1. The van der Waals surface area contributed by atoms with Crippen molar-refractivity contribution in [2.45, 2.75) is 57.5 Å². The molecule has 2 fully saturated rings. The van der Waals surface area contributed by atoms with Crippen LogP contribution in [0.15, 0.2) is 23.0 Å². The van der Waals surface area contributed by atoms with E-state index in [-0.39, 0.29) is 23.2 Å². The third-order valence-corrected chi connectivity index (χ3v) is 7.08. The molecule has 8 nitrogen and oxygen atoms in total. The van der Waals surface area contributed by atoms with Gasteiger partial charge in [-0.3, -0.25) is 19.2 Å². The number of fused-ring (bicyclic) bond motifs is 3. The summed E-state index contributed by atoms with van der Waals surface area (Å²) in [6.45, 7) is 1.83. The number of carbonyl (C=O) groups excluding carboxylic acids is 3. The first kappa shape index (κ1) is 21.5. The number of ketones is 1. The molecule has 0 spiro atoms. The van der Waals surface area contributed by atoms with Gasteiger partial charge in [-0.2, -0.15) is 5.10 Å². The fourth-order valence-electron chi connectivity index (χ4n) is 5.43. The van der Waals surface area contributed by atoms with Crippen LogP contribution in [0.1, 0.15) is 58.9 Å². The Balaban J connectivity index is 1.36. The van der Waals surface area contributed by atoms with Gasteiger partial charge < -0.3 is 9.80 Å². The zero-order valence-corrected chi connectivity index (χ0v) is 18.4. The Kier molecular flexibility index (Phi) is 5.34. The number of likely N-dealkylation sites (tertiary alicyclic amines) is 2. The van der Waals surface area contributed by atoms with Gasteiger partial charge in [0, 0.05) is 32.0 Å². The summed E-state index contributed by atoms with van der Waals surface area (Å²) in [5.74, 6) is -2.05. The molecule has 2 amide bonds. The zero-order valence-electron chi connectivity index (χ0n) is 18.4. The van der Waals surface area contributed by atoms with Crippen LogP contribution in [0.3, 0.4) is 0 Å². The van der Waals surface area contributed by atoms with Gasteiger partial charge in [0.05, 0.1) is 23.3 Å². The number of nitrogens with one attached hydrogen (secondary N) is 1. The Morgan fingerprint density at radius 2 is 1.79 bits per heavy atom. The lowest BCUT2D eigenvalue weighted by Crippen LogP contribution is -2.52. The summed E-state index contributed by atoms with van der Waals surface area (Å²) < 4.78 is 14.7. The summed E-state index contributed by atoms with van der Waals surface area (Å²) in [7, 11) is 0. The minimum atomic E-state index is -0.598. The number of Topliss-reactive ketones (excluding diaryl/α,β-unsaturated/α-hetero) is 1. The normalized spacial score (nSPS) is 21.3. The third kappa shape index (κ3) is 3.75. The molecule has 9 heteroatoms. The number of aromatic nitrogens is 2. The second-order valence-corrected chi connectivity index (χ2v) is 9.17. The molecule has 1 aromatic heterocycles. The Bertz CT molecular complexity index is 1220. The smallest absolute Gasteiger partial charge is 0.290 e. The van der Waals surface area contributed by atoms with E-state index >= 15 is 0 Å². The van der Waals surface area contributed by atoms with Gasteiger partial charge >= 0.3 is 0 Å². The Morgan fingerprint density at radius 3 is 2.48 bits per heavy atom. The standard InChI is InChI=1S/C24H25FN4O4/c1-13(30)23(32)28-11-16-10-15(28)12-29(16)24(33)19-8-14(6-7-20(19)25)9-21-17-4-2-3-5-18(17)22(31)27-26-21/h6-8,15-16H,2-5,9-12H2,1H3,(H,27,31)/t15-,16-/m0/s1. The van der Waals surface area contributed by atoms with Gasteiger partial charge in [0.15, 0.2) is 0 Å². The average Bonchev–Trinajstić information content (AvgIpc) is 3.42. The van der Waals surface area contributed by atoms with Crippen molar-refractivity contribution in [3.63, 3.8) is 0 Å². The average molecular weight is 452 g/mol. The summed E-state index contributed by atoms with van der Waals surface area (Å²) in [4.78, 5) is 51.9. The number of rotatable bonds is 4. The number of piperazine rings is 1. The molecule has 0 saturated carbocycles. The highest BCUT2D eigenvalue weighted by molar-refractivity contribution is 6.35. The molecule has 5 rings (SSSR count).